The number of nitriles is 1. The van der Waals surface area contributed by atoms with Gasteiger partial charge in [0.05, 0.1) is 10.6 Å². The Balaban J connectivity index is 2.71. The highest BCUT2D eigenvalue weighted by molar-refractivity contribution is 5.88. The van der Waals surface area contributed by atoms with Gasteiger partial charge in [-0.05, 0) is 19.1 Å². The lowest BCUT2D eigenvalue weighted by Crippen LogP contribution is -2.03. The van der Waals surface area contributed by atoms with E-state index in [4.69, 9.17) is 10.4 Å². The van der Waals surface area contributed by atoms with E-state index in [2.05, 4.69) is 5.10 Å². The number of nitro groups is 1. The minimum atomic E-state index is -1.17. The fraction of sp³-hybridized carbons (Fsp3) is 0.0833. The lowest BCUT2D eigenvalue weighted by atomic mass is 10.1. The second-order valence-electron chi connectivity index (χ2n) is 3.92. The highest BCUT2D eigenvalue weighted by Gasteiger charge is 2.23. The molecule has 0 aliphatic heterocycles. The number of aromatic carboxylic acids is 1. The fourth-order valence-electron chi connectivity index (χ4n) is 1.79. The molecule has 0 saturated carbocycles. The number of nitrogens with zero attached hydrogens (tertiary/aromatic N) is 4. The van der Waals surface area contributed by atoms with Gasteiger partial charge in [-0.1, -0.05) is 6.07 Å². The van der Waals surface area contributed by atoms with Gasteiger partial charge in [-0.25, -0.2) is 9.48 Å². The quantitative estimate of drug-likeness (QED) is 0.669. The molecule has 1 heterocycles. The van der Waals surface area contributed by atoms with Crippen molar-refractivity contribution in [2.45, 2.75) is 6.92 Å². The van der Waals surface area contributed by atoms with Crippen molar-refractivity contribution in [2.24, 2.45) is 0 Å². The number of hydrogen-bond acceptors (Lipinski definition) is 5. The van der Waals surface area contributed by atoms with Crippen LogP contribution in [0.3, 0.4) is 0 Å². The normalized spacial score (nSPS) is 10.0. The first-order valence-electron chi connectivity index (χ1n) is 5.43. The summed E-state index contributed by atoms with van der Waals surface area (Å²) in [5.41, 5.74) is -0.299. The zero-order valence-electron chi connectivity index (χ0n) is 10.3. The predicted octanol–water partition coefficient (Wildman–Crippen LogP) is 1.66. The summed E-state index contributed by atoms with van der Waals surface area (Å²) in [4.78, 5) is 21.4. The second kappa shape index (κ2) is 4.81. The minimum absolute atomic E-state index is 0.0460. The zero-order valence-corrected chi connectivity index (χ0v) is 10.3. The van der Waals surface area contributed by atoms with Crippen molar-refractivity contribution in [2.75, 3.05) is 0 Å². The number of para-hydroxylation sites is 1. The summed E-state index contributed by atoms with van der Waals surface area (Å²) in [6.45, 7) is 1.49. The van der Waals surface area contributed by atoms with Gasteiger partial charge in [0.2, 0.25) is 0 Å². The first kappa shape index (κ1) is 13.2. The number of carbonyl (C=O) groups is 1. The van der Waals surface area contributed by atoms with Crippen LogP contribution in [0.1, 0.15) is 21.6 Å². The highest BCUT2D eigenvalue weighted by Crippen LogP contribution is 2.27. The summed E-state index contributed by atoms with van der Waals surface area (Å²) in [6.07, 6.45) is 1.18. The third-order valence-corrected chi connectivity index (χ3v) is 2.69. The molecular formula is C12H8N4O4. The van der Waals surface area contributed by atoms with E-state index in [0.717, 1.165) is 4.68 Å². The van der Waals surface area contributed by atoms with E-state index in [9.17, 15) is 14.9 Å². The molecule has 0 bridgehead atoms. The van der Waals surface area contributed by atoms with Gasteiger partial charge in [-0.2, -0.15) is 10.4 Å². The maximum atomic E-state index is 11.1. The number of carboxylic acids is 1. The van der Waals surface area contributed by atoms with Crippen LogP contribution in [0.2, 0.25) is 0 Å². The molecule has 0 unspecified atom stereocenters. The Morgan fingerprint density at radius 3 is 2.75 bits per heavy atom. The van der Waals surface area contributed by atoms with Crippen molar-refractivity contribution < 1.29 is 14.8 Å². The Hall–Kier alpha value is -3.21. The summed E-state index contributed by atoms with van der Waals surface area (Å²) in [6, 6.07) is 5.92. The highest BCUT2D eigenvalue weighted by atomic mass is 16.6. The van der Waals surface area contributed by atoms with Crippen LogP contribution < -0.4 is 0 Å². The molecule has 8 heteroatoms. The molecule has 1 aromatic carbocycles. The van der Waals surface area contributed by atoms with E-state index < -0.39 is 16.6 Å². The lowest BCUT2D eigenvalue weighted by Gasteiger charge is -2.03. The van der Waals surface area contributed by atoms with E-state index >= 15 is 0 Å². The molecule has 8 nitrogen and oxygen atoms in total. The Labute approximate surface area is 112 Å². The first-order valence-corrected chi connectivity index (χ1v) is 5.43. The van der Waals surface area contributed by atoms with E-state index in [0.29, 0.717) is 0 Å². The number of carboxylic acid groups (broad SMARTS) is 1. The second-order valence-corrected chi connectivity index (χ2v) is 3.92. The maximum absolute atomic E-state index is 11.1. The van der Waals surface area contributed by atoms with E-state index in [1.54, 1.807) is 6.07 Å². The van der Waals surface area contributed by atoms with Crippen LogP contribution >= 0.6 is 0 Å². The van der Waals surface area contributed by atoms with E-state index in [1.165, 1.54) is 31.3 Å². The summed E-state index contributed by atoms with van der Waals surface area (Å²) in [5, 5.41) is 32.9. The molecule has 1 N–H and O–H groups in total. The Kier molecular flexibility index (Phi) is 3.18. The number of aromatic nitrogens is 2. The number of benzene rings is 1. The van der Waals surface area contributed by atoms with Crippen molar-refractivity contribution in [1.82, 2.24) is 9.78 Å². The van der Waals surface area contributed by atoms with Crippen LogP contribution in [0.4, 0.5) is 5.69 Å². The molecule has 0 saturated heterocycles. The smallest absolute Gasteiger partial charge is 0.339 e. The van der Waals surface area contributed by atoms with Crippen LogP contribution in [0.25, 0.3) is 5.69 Å². The van der Waals surface area contributed by atoms with Gasteiger partial charge in [0, 0.05) is 6.20 Å². The third-order valence-electron chi connectivity index (χ3n) is 2.69. The van der Waals surface area contributed by atoms with Crippen molar-refractivity contribution in [3.8, 4) is 11.8 Å². The average molecular weight is 272 g/mol. The summed E-state index contributed by atoms with van der Waals surface area (Å²) in [5.74, 6) is -1.17. The molecule has 0 spiro atoms. The van der Waals surface area contributed by atoms with Gasteiger partial charge in [0.25, 0.3) is 0 Å². The summed E-state index contributed by atoms with van der Waals surface area (Å²) < 4.78 is 1.09. The minimum Gasteiger partial charge on any atom is -0.478 e. The predicted molar refractivity (Wildman–Crippen MR) is 66.6 cm³/mol. The Morgan fingerprint density at radius 1 is 1.55 bits per heavy atom. The van der Waals surface area contributed by atoms with E-state index in [-0.39, 0.29) is 22.5 Å². The van der Waals surface area contributed by atoms with Crippen LogP contribution in [-0.4, -0.2) is 25.8 Å². The van der Waals surface area contributed by atoms with Crippen molar-refractivity contribution in [1.29, 1.82) is 5.26 Å². The van der Waals surface area contributed by atoms with Gasteiger partial charge in [0.15, 0.2) is 0 Å². The van der Waals surface area contributed by atoms with Crippen LogP contribution in [0, 0.1) is 28.4 Å². The Bertz CT molecular complexity index is 757. The molecule has 100 valence electrons. The molecule has 0 aliphatic rings. The molecule has 0 atom stereocenters. The van der Waals surface area contributed by atoms with Crippen LogP contribution in [0.5, 0.6) is 0 Å². The lowest BCUT2D eigenvalue weighted by molar-refractivity contribution is -0.384. The fourth-order valence-corrected chi connectivity index (χ4v) is 1.79. The standard InChI is InChI=1S/C12H8N4O4/c1-7-9(12(17)18)6-15(14-7)10-4-2-3-8(5-13)11(10)16(19)20/h2-4,6H,1H3,(H,17,18). The number of hydrogen-bond donors (Lipinski definition) is 1. The number of rotatable bonds is 3. The number of nitro benzene ring substituents is 1. The molecular weight excluding hydrogens is 264 g/mol. The number of aryl methyl sites for hydroxylation is 1. The molecule has 0 fully saturated rings. The monoisotopic (exact) mass is 272 g/mol. The third kappa shape index (κ3) is 2.08. The van der Waals surface area contributed by atoms with Gasteiger partial charge in [0.1, 0.15) is 22.9 Å². The summed E-state index contributed by atoms with van der Waals surface area (Å²) in [7, 11) is 0. The zero-order chi connectivity index (χ0) is 14.9. The maximum Gasteiger partial charge on any atom is 0.339 e. The molecule has 0 aliphatic carbocycles. The van der Waals surface area contributed by atoms with Crippen molar-refractivity contribution in [3.05, 3.63) is 51.3 Å². The van der Waals surface area contributed by atoms with Gasteiger partial charge in [-0.3, -0.25) is 10.1 Å². The average Bonchev–Trinajstić information content (AvgIpc) is 2.79. The van der Waals surface area contributed by atoms with E-state index in [1.807, 2.05) is 0 Å². The van der Waals surface area contributed by atoms with Gasteiger partial charge < -0.3 is 5.11 Å². The van der Waals surface area contributed by atoms with Crippen molar-refractivity contribution in [3.63, 3.8) is 0 Å². The molecule has 1 aromatic heterocycles. The Morgan fingerprint density at radius 2 is 2.25 bits per heavy atom. The molecule has 0 radical (unpaired) electrons. The topological polar surface area (TPSA) is 122 Å². The van der Waals surface area contributed by atoms with Crippen LogP contribution in [-0.2, 0) is 0 Å². The molecule has 0 amide bonds. The first-order chi connectivity index (χ1) is 9.45. The summed E-state index contributed by atoms with van der Waals surface area (Å²) >= 11 is 0. The molecule has 2 aromatic rings. The SMILES string of the molecule is Cc1nn(-c2cccc(C#N)c2[N+](=O)[O-])cc1C(=O)O. The van der Waals surface area contributed by atoms with Crippen LogP contribution in [0.15, 0.2) is 24.4 Å². The largest absolute Gasteiger partial charge is 0.478 e. The van der Waals surface area contributed by atoms with Crippen molar-refractivity contribution >= 4 is 11.7 Å². The van der Waals surface area contributed by atoms with Gasteiger partial charge in [-0.15, -0.1) is 0 Å². The molecule has 20 heavy (non-hydrogen) atoms. The molecule has 2 rings (SSSR count). The van der Waals surface area contributed by atoms with Gasteiger partial charge >= 0.3 is 11.7 Å².